The van der Waals surface area contributed by atoms with Crippen LogP contribution in [0.15, 0.2) is 24.3 Å². The van der Waals surface area contributed by atoms with E-state index in [4.69, 9.17) is 14.2 Å². The van der Waals surface area contributed by atoms with Crippen molar-refractivity contribution < 1.29 is 28.6 Å². The Morgan fingerprint density at radius 3 is 0.841 bits per heavy atom. The van der Waals surface area contributed by atoms with Crippen molar-refractivity contribution in [1.29, 1.82) is 0 Å². The molecule has 0 aromatic carbocycles. The molecular formula is C57H106O6. The Morgan fingerprint density at radius 2 is 0.540 bits per heavy atom. The molecule has 0 amide bonds. The number of carbonyl (C=O) groups is 3. The van der Waals surface area contributed by atoms with E-state index in [1.807, 2.05) is 0 Å². The van der Waals surface area contributed by atoms with Crippen LogP contribution in [0, 0.1) is 0 Å². The number of hydrogen-bond donors (Lipinski definition) is 0. The van der Waals surface area contributed by atoms with Crippen LogP contribution in [0.25, 0.3) is 0 Å². The molecule has 0 aliphatic rings. The number of unbranched alkanes of at least 4 members (excludes halogenated alkanes) is 36. The highest BCUT2D eigenvalue weighted by molar-refractivity contribution is 5.71. The molecule has 0 rings (SSSR count). The average molecular weight is 887 g/mol. The molecule has 0 aliphatic carbocycles. The van der Waals surface area contributed by atoms with Gasteiger partial charge in [0.05, 0.1) is 0 Å². The molecule has 0 aliphatic heterocycles. The van der Waals surface area contributed by atoms with E-state index in [-0.39, 0.29) is 31.1 Å². The Bertz CT molecular complexity index is 1020. The Kier molecular flexibility index (Phi) is 50.8. The first kappa shape index (κ1) is 60.9. The quantitative estimate of drug-likeness (QED) is 0.0262. The van der Waals surface area contributed by atoms with Crippen molar-refractivity contribution in [3.63, 3.8) is 0 Å². The summed E-state index contributed by atoms with van der Waals surface area (Å²) in [4.78, 5) is 38.0. The maximum absolute atomic E-state index is 12.8. The molecular weight excluding hydrogens is 781 g/mol. The summed E-state index contributed by atoms with van der Waals surface area (Å²) in [5, 5.41) is 0. The third-order valence-corrected chi connectivity index (χ3v) is 12.4. The molecule has 63 heavy (non-hydrogen) atoms. The molecule has 0 N–H and O–H groups in total. The minimum atomic E-state index is -0.773. The number of allylic oxidation sites excluding steroid dienone is 4. The second kappa shape index (κ2) is 52.5. The maximum Gasteiger partial charge on any atom is 0.306 e. The van der Waals surface area contributed by atoms with Gasteiger partial charge in [-0.3, -0.25) is 14.4 Å². The average Bonchev–Trinajstić information content (AvgIpc) is 3.28. The van der Waals surface area contributed by atoms with E-state index in [1.165, 1.54) is 186 Å². The van der Waals surface area contributed by atoms with Gasteiger partial charge in [-0.15, -0.1) is 0 Å². The molecule has 1 atom stereocenters. The topological polar surface area (TPSA) is 78.9 Å². The Balaban J connectivity index is 4.28. The minimum absolute atomic E-state index is 0.0725. The zero-order valence-corrected chi connectivity index (χ0v) is 42.4. The van der Waals surface area contributed by atoms with Crippen molar-refractivity contribution >= 4 is 17.9 Å². The molecule has 0 spiro atoms. The molecule has 370 valence electrons. The molecule has 0 heterocycles. The molecule has 0 radical (unpaired) electrons. The third kappa shape index (κ3) is 50.7. The number of carbonyl (C=O) groups excluding carboxylic acids is 3. The van der Waals surface area contributed by atoms with Crippen LogP contribution in [-0.2, 0) is 28.6 Å². The largest absolute Gasteiger partial charge is 0.462 e. The van der Waals surface area contributed by atoms with E-state index in [0.717, 1.165) is 77.0 Å². The van der Waals surface area contributed by atoms with Gasteiger partial charge < -0.3 is 14.2 Å². The van der Waals surface area contributed by atoms with E-state index in [2.05, 4.69) is 45.1 Å². The number of ether oxygens (including phenoxy) is 3. The van der Waals surface area contributed by atoms with Crippen LogP contribution in [0.3, 0.4) is 0 Å². The van der Waals surface area contributed by atoms with E-state index in [1.54, 1.807) is 0 Å². The summed E-state index contributed by atoms with van der Waals surface area (Å²) in [5.74, 6) is -0.875. The highest BCUT2D eigenvalue weighted by atomic mass is 16.6. The first-order chi connectivity index (χ1) is 31.0. The smallest absolute Gasteiger partial charge is 0.306 e. The molecule has 0 saturated heterocycles. The summed E-state index contributed by atoms with van der Waals surface area (Å²) in [6, 6.07) is 0. The summed E-state index contributed by atoms with van der Waals surface area (Å²) in [7, 11) is 0. The van der Waals surface area contributed by atoms with E-state index in [0.29, 0.717) is 19.3 Å². The van der Waals surface area contributed by atoms with Crippen molar-refractivity contribution in [2.75, 3.05) is 13.2 Å². The Morgan fingerprint density at radius 1 is 0.302 bits per heavy atom. The van der Waals surface area contributed by atoms with Crippen LogP contribution in [0.5, 0.6) is 0 Å². The molecule has 0 fully saturated rings. The molecule has 1 unspecified atom stereocenters. The first-order valence-corrected chi connectivity index (χ1v) is 27.8. The molecule has 0 bridgehead atoms. The molecule has 6 heteroatoms. The SMILES string of the molecule is CCCC/C=C\CCCCCCC(=O)OCC(COC(=O)CCCCCCCCCCCCCCCCCCCC)OC(=O)CCCCCCCCC/C=C\CCCCCCCC. The van der Waals surface area contributed by atoms with Crippen molar-refractivity contribution in [1.82, 2.24) is 0 Å². The van der Waals surface area contributed by atoms with Gasteiger partial charge in [0.2, 0.25) is 0 Å². The van der Waals surface area contributed by atoms with E-state index < -0.39 is 6.10 Å². The van der Waals surface area contributed by atoms with Crippen LogP contribution in [0.2, 0.25) is 0 Å². The van der Waals surface area contributed by atoms with Crippen molar-refractivity contribution in [2.45, 2.75) is 309 Å². The van der Waals surface area contributed by atoms with E-state index in [9.17, 15) is 14.4 Å². The first-order valence-electron chi connectivity index (χ1n) is 27.8. The lowest BCUT2D eigenvalue weighted by Gasteiger charge is -2.18. The molecule has 0 saturated carbocycles. The second-order valence-corrected chi connectivity index (χ2v) is 18.8. The predicted octanol–water partition coefficient (Wildman–Crippen LogP) is 18.3. The lowest BCUT2D eigenvalue weighted by Crippen LogP contribution is -2.30. The van der Waals surface area contributed by atoms with Crippen LogP contribution in [0.4, 0.5) is 0 Å². The van der Waals surface area contributed by atoms with Gasteiger partial charge >= 0.3 is 17.9 Å². The normalized spacial score (nSPS) is 12.1. The summed E-state index contributed by atoms with van der Waals surface area (Å²) in [5.41, 5.74) is 0. The van der Waals surface area contributed by atoms with Crippen molar-refractivity contribution in [3.05, 3.63) is 24.3 Å². The van der Waals surface area contributed by atoms with Gasteiger partial charge in [0, 0.05) is 19.3 Å². The third-order valence-electron chi connectivity index (χ3n) is 12.4. The lowest BCUT2D eigenvalue weighted by molar-refractivity contribution is -0.167. The van der Waals surface area contributed by atoms with Crippen LogP contribution in [-0.4, -0.2) is 37.2 Å². The van der Waals surface area contributed by atoms with Crippen LogP contribution in [0.1, 0.15) is 303 Å². The summed E-state index contributed by atoms with van der Waals surface area (Å²) in [6.07, 6.45) is 60.3. The Hall–Kier alpha value is -2.11. The highest BCUT2D eigenvalue weighted by Gasteiger charge is 2.19. The van der Waals surface area contributed by atoms with Crippen LogP contribution < -0.4 is 0 Å². The number of rotatable bonds is 51. The van der Waals surface area contributed by atoms with Gasteiger partial charge in [0.15, 0.2) is 6.10 Å². The van der Waals surface area contributed by atoms with Gasteiger partial charge in [-0.2, -0.15) is 0 Å². The second-order valence-electron chi connectivity index (χ2n) is 18.8. The fourth-order valence-electron chi connectivity index (χ4n) is 8.18. The monoisotopic (exact) mass is 887 g/mol. The fraction of sp³-hybridized carbons (Fsp3) is 0.877. The maximum atomic E-state index is 12.8. The van der Waals surface area contributed by atoms with Gasteiger partial charge in [0.1, 0.15) is 13.2 Å². The predicted molar refractivity (Wildman–Crippen MR) is 270 cm³/mol. The zero-order valence-electron chi connectivity index (χ0n) is 42.4. The van der Waals surface area contributed by atoms with Gasteiger partial charge in [-0.05, 0) is 64.2 Å². The number of hydrogen-bond acceptors (Lipinski definition) is 6. The lowest BCUT2D eigenvalue weighted by atomic mass is 10.0. The van der Waals surface area contributed by atoms with E-state index >= 15 is 0 Å². The van der Waals surface area contributed by atoms with Crippen molar-refractivity contribution in [3.8, 4) is 0 Å². The molecule has 0 aromatic rings. The van der Waals surface area contributed by atoms with Crippen LogP contribution >= 0.6 is 0 Å². The molecule has 6 nitrogen and oxygen atoms in total. The zero-order chi connectivity index (χ0) is 45.8. The van der Waals surface area contributed by atoms with Gasteiger partial charge in [-0.1, -0.05) is 244 Å². The standard InChI is InChI=1S/C57H106O6/c1-4-7-10-13-16-19-22-24-26-28-30-31-33-35-38-41-44-47-50-56(59)62-53-54(52-61-55(58)49-46-43-40-37-21-18-15-12-9-6-3)63-57(60)51-48-45-42-39-36-34-32-29-27-25-23-20-17-14-11-8-5-2/h15,18,25,27,54H,4-14,16-17,19-24,26,28-53H2,1-3H3/b18-15-,27-25-. The summed E-state index contributed by atoms with van der Waals surface area (Å²) < 4.78 is 16.8. The fourth-order valence-corrected chi connectivity index (χ4v) is 8.18. The van der Waals surface area contributed by atoms with Crippen molar-refractivity contribution in [2.24, 2.45) is 0 Å². The molecule has 0 aromatic heterocycles. The van der Waals surface area contributed by atoms with Gasteiger partial charge in [0.25, 0.3) is 0 Å². The minimum Gasteiger partial charge on any atom is -0.462 e. The number of esters is 3. The summed E-state index contributed by atoms with van der Waals surface area (Å²) >= 11 is 0. The Labute approximate surface area is 392 Å². The highest BCUT2D eigenvalue weighted by Crippen LogP contribution is 2.16. The van der Waals surface area contributed by atoms with Gasteiger partial charge in [-0.25, -0.2) is 0 Å². The summed E-state index contributed by atoms with van der Waals surface area (Å²) in [6.45, 7) is 6.62.